The van der Waals surface area contributed by atoms with Gasteiger partial charge in [0.25, 0.3) is 0 Å². The first-order chi connectivity index (χ1) is 10.5. The Kier molecular flexibility index (Phi) is 7.32. The first-order valence-corrected chi connectivity index (χ1v) is 7.79. The average Bonchev–Trinajstić information content (AvgIpc) is 2.44. The molecule has 0 atom stereocenters. The second-order valence-corrected chi connectivity index (χ2v) is 5.05. The van der Waals surface area contributed by atoms with Gasteiger partial charge in [0, 0.05) is 0 Å². The molecule has 1 aromatic carbocycles. The summed E-state index contributed by atoms with van der Waals surface area (Å²) >= 11 is 6.23. The monoisotopic (exact) mass is 330 g/mol. The zero-order chi connectivity index (χ0) is 16.7. The quantitative estimate of drug-likeness (QED) is 0.672. The number of ether oxygens (including phenoxy) is 4. The molecule has 0 bridgehead atoms. The van der Waals surface area contributed by atoms with Crippen molar-refractivity contribution in [1.29, 1.82) is 0 Å². The summed E-state index contributed by atoms with van der Waals surface area (Å²) in [5.41, 5.74) is 0.229. The number of carbonyl (C=O) groups excluding carboxylic acids is 1. The SMILES string of the molecule is CCOc1c(Cl)cc(C(=O)OC(C)C)c(OCC)c1OCC. The number of rotatable bonds is 8. The number of halogens is 1. The first-order valence-electron chi connectivity index (χ1n) is 7.41. The molecule has 0 unspecified atom stereocenters. The molecule has 0 aliphatic carbocycles. The smallest absolute Gasteiger partial charge is 0.342 e. The van der Waals surface area contributed by atoms with Crippen LogP contribution in [0.25, 0.3) is 0 Å². The third-order valence-corrected chi connectivity index (χ3v) is 2.85. The highest BCUT2D eigenvalue weighted by atomic mass is 35.5. The minimum Gasteiger partial charge on any atom is -0.489 e. The molecule has 5 nitrogen and oxygen atoms in total. The Morgan fingerprint density at radius 3 is 2.00 bits per heavy atom. The van der Waals surface area contributed by atoms with E-state index in [1.165, 1.54) is 6.07 Å². The van der Waals surface area contributed by atoms with Crippen molar-refractivity contribution in [2.24, 2.45) is 0 Å². The molecule has 0 saturated carbocycles. The number of esters is 1. The molecule has 0 saturated heterocycles. The van der Waals surface area contributed by atoms with Crippen LogP contribution >= 0.6 is 11.6 Å². The Labute approximate surface area is 136 Å². The Hall–Kier alpha value is -1.62. The van der Waals surface area contributed by atoms with Crippen LogP contribution in [0, 0.1) is 0 Å². The van der Waals surface area contributed by atoms with Crippen LogP contribution in [0.15, 0.2) is 6.07 Å². The summed E-state index contributed by atoms with van der Waals surface area (Å²) in [6.07, 6.45) is -0.247. The summed E-state index contributed by atoms with van der Waals surface area (Å²) in [5, 5.41) is 0.282. The van der Waals surface area contributed by atoms with Gasteiger partial charge in [0.05, 0.1) is 30.9 Å². The molecule has 0 aromatic heterocycles. The van der Waals surface area contributed by atoms with E-state index >= 15 is 0 Å². The fourth-order valence-electron chi connectivity index (χ4n) is 1.86. The van der Waals surface area contributed by atoms with E-state index in [1.54, 1.807) is 13.8 Å². The molecule has 0 aliphatic heterocycles. The lowest BCUT2D eigenvalue weighted by Gasteiger charge is -2.19. The van der Waals surface area contributed by atoms with Gasteiger partial charge in [-0.3, -0.25) is 0 Å². The maximum Gasteiger partial charge on any atom is 0.342 e. The molecule has 124 valence electrons. The summed E-state index contributed by atoms with van der Waals surface area (Å²) in [7, 11) is 0. The number of carbonyl (C=O) groups is 1. The molecular formula is C16H23ClO5. The van der Waals surface area contributed by atoms with Crippen LogP contribution in [0.2, 0.25) is 5.02 Å². The molecule has 1 rings (SSSR count). The average molecular weight is 331 g/mol. The predicted octanol–water partition coefficient (Wildman–Crippen LogP) is 4.10. The lowest BCUT2D eigenvalue weighted by molar-refractivity contribution is 0.0372. The van der Waals surface area contributed by atoms with E-state index in [1.807, 2.05) is 20.8 Å². The van der Waals surface area contributed by atoms with Crippen molar-refractivity contribution in [3.63, 3.8) is 0 Å². The van der Waals surface area contributed by atoms with E-state index in [9.17, 15) is 4.79 Å². The number of benzene rings is 1. The fraction of sp³-hybridized carbons (Fsp3) is 0.562. The van der Waals surface area contributed by atoms with Crippen molar-refractivity contribution in [3.8, 4) is 17.2 Å². The Morgan fingerprint density at radius 1 is 1.00 bits per heavy atom. The highest BCUT2D eigenvalue weighted by Gasteiger charge is 2.26. The zero-order valence-electron chi connectivity index (χ0n) is 13.7. The normalized spacial score (nSPS) is 10.5. The molecule has 0 radical (unpaired) electrons. The number of hydrogen-bond donors (Lipinski definition) is 0. The van der Waals surface area contributed by atoms with Gasteiger partial charge in [-0.1, -0.05) is 11.6 Å². The van der Waals surface area contributed by atoms with E-state index in [-0.39, 0.29) is 16.7 Å². The maximum atomic E-state index is 12.3. The maximum absolute atomic E-state index is 12.3. The third-order valence-electron chi connectivity index (χ3n) is 2.57. The molecule has 0 aliphatic rings. The van der Waals surface area contributed by atoms with Crippen LogP contribution in [0.4, 0.5) is 0 Å². The molecule has 6 heteroatoms. The Bertz CT molecular complexity index is 514. The van der Waals surface area contributed by atoms with E-state index in [0.717, 1.165) is 0 Å². The highest BCUT2D eigenvalue weighted by molar-refractivity contribution is 6.33. The second-order valence-electron chi connectivity index (χ2n) is 4.65. The van der Waals surface area contributed by atoms with Gasteiger partial charge in [-0.25, -0.2) is 4.79 Å². The summed E-state index contributed by atoms with van der Waals surface area (Å²) in [6, 6.07) is 1.49. The topological polar surface area (TPSA) is 54.0 Å². The van der Waals surface area contributed by atoms with Gasteiger partial charge in [-0.2, -0.15) is 0 Å². The minimum atomic E-state index is -0.510. The standard InChI is InChI=1S/C16H23ClO5/c1-6-19-13-11(16(18)22-10(4)5)9-12(17)14(20-7-2)15(13)21-8-3/h9-10H,6-8H2,1-5H3. The van der Waals surface area contributed by atoms with Gasteiger partial charge in [0.15, 0.2) is 11.5 Å². The largest absolute Gasteiger partial charge is 0.489 e. The first kappa shape index (κ1) is 18.4. The van der Waals surface area contributed by atoms with Crippen LogP contribution in [0.1, 0.15) is 45.0 Å². The van der Waals surface area contributed by atoms with Gasteiger partial charge in [-0.15, -0.1) is 0 Å². The Morgan fingerprint density at radius 2 is 1.50 bits per heavy atom. The van der Waals surface area contributed by atoms with Crippen LogP contribution in [-0.4, -0.2) is 31.9 Å². The third kappa shape index (κ3) is 4.44. The van der Waals surface area contributed by atoms with Crippen molar-refractivity contribution in [1.82, 2.24) is 0 Å². The van der Waals surface area contributed by atoms with Gasteiger partial charge in [0.2, 0.25) is 5.75 Å². The van der Waals surface area contributed by atoms with Crippen LogP contribution in [0.5, 0.6) is 17.2 Å². The molecule has 1 aromatic rings. The van der Waals surface area contributed by atoms with Crippen LogP contribution in [0.3, 0.4) is 0 Å². The number of hydrogen-bond acceptors (Lipinski definition) is 5. The molecule has 0 fully saturated rings. The van der Waals surface area contributed by atoms with Gasteiger partial charge >= 0.3 is 5.97 Å². The molecule has 0 spiro atoms. The summed E-state index contributed by atoms with van der Waals surface area (Å²) < 4.78 is 22.0. The summed E-state index contributed by atoms with van der Waals surface area (Å²) in [5.74, 6) is 0.483. The molecule has 0 heterocycles. The van der Waals surface area contributed by atoms with Crippen molar-refractivity contribution >= 4 is 17.6 Å². The van der Waals surface area contributed by atoms with Crippen LogP contribution in [-0.2, 0) is 4.74 Å². The van der Waals surface area contributed by atoms with Crippen molar-refractivity contribution < 1.29 is 23.7 Å². The highest BCUT2D eigenvalue weighted by Crippen LogP contribution is 2.45. The van der Waals surface area contributed by atoms with Crippen molar-refractivity contribution in [2.45, 2.75) is 40.7 Å². The Balaban J connectivity index is 3.45. The van der Waals surface area contributed by atoms with Gasteiger partial charge < -0.3 is 18.9 Å². The summed E-state index contributed by atoms with van der Waals surface area (Å²) in [6.45, 7) is 10.2. The van der Waals surface area contributed by atoms with Gasteiger partial charge in [0.1, 0.15) is 5.56 Å². The minimum absolute atomic E-state index is 0.229. The fourth-order valence-corrected chi connectivity index (χ4v) is 2.11. The molecule has 0 N–H and O–H groups in total. The van der Waals surface area contributed by atoms with Crippen LogP contribution < -0.4 is 14.2 Å². The van der Waals surface area contributed by atoms with E-state index in [2.05, 4.69) is 0 Å². The molecular weight excluding hydrogens is 308 g/mol. The zero-order valence-corrected chi connectivity index (χ0v) is 14.5. The molecule has 0 amide bonds. The van der Waals surface area contributed by atoms with E-state index in [0.29, 0.717) is 37.1 Å². The predicted molar refractivity (Wildman–Crippen MR) is 85.5 cm³/mol. The summed E-state index contributed by atoms with van der Waals surface area (Å²) in [4.78, 5) is 12.3. The van der Waals surface area contributed by atoms with Crippen molar-refractivity contribution in [2.75, 3.05) is 19.8 Å². The lowest BCUT2D eigenvalue weighted by Crippen LogP contribution is -2.14. The second kappa shape index (κ2) is 8.73. The van der Waals surface area contributed by atoms with E-state index < -0.39 is 5.97 Å². The van der Waals surface area contributed by atoms with Crippen molar-refractivity contribution in [3.05, 3.63) is 16.7 Å². The lowest BCUT2D eigenvalue weighted by atomic mass is 10.1. The molecule has 22 heavy (non-hydrogen) atoms. The van der Waals surface area contributed by atoms with E-state index in [4.69, 9.17) is 30.5 Å². The van der Waals surface area contributed by atoms with Gasteiger partial charge in [-0.05, 0) is 40.7 Å².